The molecule has 1 N–H and O–H groups in total. The van der Waals surface area contributed by atoms with E-state index < -0.39 is 0 Å². The molecule has 3 aromatic rings. The first kappa shape index (κ1) is 19.8. The molecule has 7 nitrogen and oxygen atoms in total. The summed E-state index contributed by atoms with van der Waals surface area (Å²) in [5, 5.41) is 11.4. The van der Waals surface area contributed by atoms with Crippen molar-refractivity contribution in [2.45, 2.75) is 18.2 Å². The molecule has 1 aliphatic heterocycles. The highest BCUT2D eigenvalue weighted by atomic mass is 79.9. The molecule has 1 aromatic heterocycles. The van der Waals surface area contributed by atoms with Crippen LogP contribution >= 0.6 is 27.7 Å². The molecule has 2 heterocycles. The van der Waals surface area contributed by atoms with Gasteiger partial charge >= 0.3 is 0 Å². The van der Waals surface area contributed by atoms with Crippen LogP contribution in [0.25, 0.3) is 11.5 Å². The average molecular weight is 476 g/mol. The van der Waals surface area contributed by atoms with Crippen molar-refractivity contribution in [3.05, 3.63) is 52.5 Å². The maximum Gasteiger partial charge on any atom is 0.277 e. The Morgan fingerprint density at radius 2 is 1.97 bits per heavy atom. The van der Waals surface area contributed by atoms with Crippen LogP contribution in [0.15, 0.2) is 56.6 Å². The molecule has 0 fully saturated rings. The normalized spacial score (nSPS) is 13.7. The fourth-order valence-electron chi connectivity index (χ4n) is 2.83. The van der Waals surface area contributed by atoms with Crippen LogP contribution in [0.4, 0.5) is 0 Å². The van der Waals surface area contributed by atoms with Crippen LogP contribution in [-0.2, 0) is 4.79 Å². The number of ether oxygens (including phenoxy) is 2. The summed E-state index contributed by atoms with van der Waals surface area (Å²) in [4.78, 5) is 12.3. The quantitative estimate of drug-likeness (QED) is 0.533. The number of halogens is 1. The van der Waals surface area contributed by atoms with Crippen molar-refractivity contribution >= 4 is 33.6 Å². The Morgan fingerprint density at radius 3 is 2.79 bits per heavy atom. The van der Waals surface area contributed by atoms with Gasteiger partial charge in [-0.15, -0.1) is 10.2 Å². The lowest BCUT2D eigenvalue weighted by Crippen LogP contribution is -2.28. The zero-order chi connectivity index (χ0) is 20.2. The van der Waals surface area contributed by atoms with Crippen LogP contribution in [0.5, 0.6) is 11.5 Å². The van der Waals surface area contributed by atoms with Crippen LogP contribution in [-0.4, -0.2) is 35.1 Å². The summed E-state index contributed by atoms with van der Waals surface area (Å²) in [6.07, 6.45) is 0. The number of fused-ring (bicyclic) bond motifs is 1. The SMILES string of the molecule is C[C@@H](NC(=O)CSc1nnc(-c2ccccc2Br)o1)c1ccc2c(c1)OCCO2. The van der Waals surface area contributed by atoms with Gasteiger partial charge in [0.15, 0.2) is 11.5 Å². The topological polar surface area (TPSA) is 86.5 Å². The van der Waals surface area contributed by atoms with Gasteiger partial charge < -0.3 is 19.2 Å². The van der Waals surface area contributed by atoms with Crippen LogP contribution in [0.3, 0.4) is 0 Å². The van der Waals surface area contributed by atoms with Gasteiger partial charge in [0, 0.05) is 4.47 Å². The number of amides is 1. The van der Waals surface area contributed by atoms with E-state index in [0.29, 0.717) is 30.1 Å². The highest BCUT2D eigenvalue weighted by Crippen LogP contribution is 2.33. The number of hydrogen-bond acceptors (Lipinski definition) is 7. The number of carbonyl (C=O) groups excluding carboxylic acids is 1. The van der Waals surface area contributed by atoms with Crippen molar-refractivity contribution in [3.8, 4) is 23.0 Å². The molecular formula is C20H18BrN3O4S. The zero-order valence-electron chi connectivity index (χ0n) is 15.6. The highest BCUT2D eigenvalue weighted by molar-refractivity contribution is 9.10. The minimum Gasteiger partial charge on any atom is -0.486 e. The lowest BCUT2D eigenvalue weighted by atomic mass is 10.1. The van der Waals surface area contributed by atoms with E-state index in [-0.39, 0.29) is 17.7 Å². The number of benzene rings is 2. The first-order valence-corrected chi connectivity index (χ1v) is 10.8. The third kappa shape index (κ3) is 4.73. The van der Waals surface area contributed by atoms with Crippen molar-refractivity contribution in [2.24, 2.45) is 0 Å². The van der Waals surface area contributed by atoms with Gasteiger partial charge in [0.1, 0.15) is 13.2 Å². The number of hydrogen-bond donors (Lipinski definition) is 1. The van der Waals surface area contributed by atoms with Gasteiger partial charge in [0.25, 0.3) is 5.22 Å². The van der Waals surface area contributed by atoms with Gasteiger partial charge in [-0.05, 0) is 52.7 Å². The molecule has 0 bridgehead atoms. The van der Waals surface area contributed by atoms with Crippen molar-refractivity contribution in [1.29, 1.82) is 0 Å². The summed E-state index contributed by atoms with van der Waals surface area (Å²) in [5.41, 5.74) is 1.75. The molecule has 1 amide bonds. The number of nitrogens with one attached hydrogen (secondary N) is 1. The zero-order valence-corrected chi connectivity index (χ0v) is 18.0. The van der Waals surface area contributed by atoms with E-state index >= 15 is 0 Å². The molecule has 0 unspecified atom stereocenters. The molecule has 150 valence electrons. The minimum absolute atomic E-state index is 0.127. The monoisotopic (exact) mass is 475 g/mol. The molecule has 0 saturated carbocycles. The molecule has 2 aromatic carbocycles. The number of carbonyl (C=O) groups is 1. The summed E-state index contributed by atoms with van der Waals surface area (Å²) in [6.45, 7) is 3.00. The van der Waals surface area contributed by atoms with Crippen molar-refractivity contribution in [2.75, 3.05) is 19.0 Å². The molecule has 1 aliphatic rings. The van der Waals surface area contributed by atoms with Gasteiger partial charge in [0.2, 0.25) is 11.8 Å². The lowest BCUT2D eigenvalue weighted by molar-refractivity contribution is -0.119. The second-order valence-corrected chi connectivity index (χ2v) is 8.11. The highest BCUT2D eigenvalue weighted by Gasteiger charge is 2.17. The summed E-state index contributed by atoms with van der Waals surface area (Å²) < 4.78 is 17.6. The van der Waals surface area contributed by atoms with Gasteiger partial charge in [-0.25, -0.2) is 0 Å². The van der Waals surface area contributed by atoms with Gasteiger partial charge in [0.05, 0.1) is 17.4 Å². The molecule has 0 aliphatic carbocycles. The Morgan fingerprint density at radius 1 is 1.17 bits per heavy atom. The standard InChI is InChI=1S/C20H18BrN3O4S/c1-12(13-6-7-16-17(10-13)27-9-8-26-16)22-18(25)11-29-20-24-23-19(28-20)14-4-2-3-5-15(14)21/h2-7,10,12H,8-9,11H2,1H3,(H,22,25)/t12-/m1/s1. The lowest BCUT2D eigenvalue weighted by Gasteiger charge is -2.21. The molecule has 9 heteroatoms. The predicted molar refractivity (Wildman–Crippen MR) is 112 cm³/mol. The van der Waals surface area contributed by atoms with Crippen LogP contribution in [0.1, 0.15) is 18.5 Å². The smallest absolute Gasteiger partial charge is 0.277 e. The van der Waals surface area contributed by atoms with E-state index in [4.69, 9.17) is 13.9 Å². The molecular weight excluding hydrogens is 458 g/mol. The maximum absolute atomic E-state index is 12.3. The molecule has 0 spiro atoms. The Hall–Kier alpha value is -2.52. The molecule has 1 atom stereocenters. The molecule has 0 radical (unpaired) electrons. The number of thioether (sulfide) groups is 1. The van der Waals surface area contributed by atoms with Crippen molar-refractivity contribution in [1.82, 2.24) is 15.5 Å². The van der Waals surface area contributed by atoms with Crippen molar-refractivity contribution in [3.63, 3.8) is 0 Å². The molecule has 29 heavy (non-hydrogen) atoms. The predicted octanol–water partition coefficient (Wildman–Crippen LogP) is 4.24. The van der Waals surface area contributed by atoms with E-state index in [1.54, 1.807) is 0 Å². The second kappa shape index (κ2) is 8.87. The Balaban J connectivity index is 1.33. The second-order valence-electron chi connectivity index (χ2n) is 6.33. The summed E-state index contributed by atoms with van der Waals surface area (Å²) >= 11 is 4.66. The van der Waals surface area contributed by atoms with E-state index in [0.717, 1.165) is 21.3 Å². The van der Waals surface area contributed by atoms with Crippen molar-refractivity contribution < 1.29 is 18.7 Å². The minimum atomic E-state index is -0.169. The fraction of sp³-hybridized carbons (Fsp3) is 0.250. The van der Waals surface area contributed by atoms with Crippen LogP contribution < -0.4 is 14.8 Å². The van der Waals surface area contributed by atoms with E-state index in [9.17, 15) is 4.79 Å². The number of aromatic nitrogens is 2. The first-order valence-electron chi connectivity index (χ1n) is 9.00. The number of nitrogens with zero attached hydrogens (tertiary/aromatic N) is 2. The Kier molecular flexibility index (Phi) is 6.05. The van der Waals surface area contributed by atoms with E-state index in [1.165, 1.54) is 11.8 Å². The molecule has 4 rings (SSSR count). The van der Waals surface area contributed by atoms with E-state index in [2.05, 4.69) is 31.4 Å². The average Bonchev–Trinajstić information content (AvgIpc) is 3.21. The summed E-state index contributed by atoms with van der Waals surface area (Å²) in [6, 6.07) is 13.1. The number of rotatable bonds is 6. The third-order valence-electron chi connectivity index (χ3n) is 4.28. The summed E-state index contributed by atoms with van der Waals surface area (Å²) in [5.74, 6) is 1.89. The largest absolute Gasteiger partial charge is 0.486 e. The third-order valence-corrected chi connectivity index (χ3v) is 5.79. The first-order chi connectivity index (χ1) is 14.1. The Labute approximate surface area is 180 Å². The fourth-order valence-corrected chi connectivity index (χ4v) is 3.86. The Bertz CT molecular complexity index is 1030. The maximum atomic E-state index is 12.3. The van der Waals surface area contributed by atoms with Gasteiger partial charge in [-0.1, -0.05) is 30.0 Å². The molecule has 0 saturated heterocycles. The summed E-state index contributed by atoms with van der Waals surface area (Å²) in [7, 11) is 0. The van der Waals surface area contributed by atoms with E-state index in [1.807, 2.05) is 49.4 Å². The van der Waals surface area contributed by atoms with Gasteiger partial charge in [-0.2, -0.15) is 0 Å². The van der Waals surface area contributed by atoms with Crippen LogP contribution in [0, 0.1) is 0 Å². The van der Waals surface area contributed by atoms with Crippen LogP contribution in [0.2, 0.25) is 0 Å². The van der Waals surface area contributed by atoms with Gasteiger partial charge in [-0.3, -0.25) is 4.79 Å².